The van der Waals surface area contributed by atoms with Crippen molar-refractivity contribution in [2.45, 2.75) is 31.9 Å². The van der Waals surface area contributed by atoms with Crippen molar-refractivity contribution in [3.05, 3.63) is 119 Å². The highest BCUT2D eigenvalue weighted by molar-refractivity contribution is 5.84. The van der Waals surface area contributed by atoms with Crippen molar-refractivity contribution >= 4 is 10.8 Å². The van der Waals surface area contributed by atoms with Gasteiger partial charge < -0.3 is 9.47 Å². The monoisotopic (exact) mass is 580 g/mol. The van der Waals surface area contributed by atoms with E-state index in [4.69, 9.17) is 4.74 Å². The fraction of sp³-hybridized carbons (Fsp3) is 0.226. The van der Waals surface area contributed by atoms with E-state index in [9.17, 15) is 30.7 Å². The van der Waals surface area contributed by atoms with Gasteiger partial charge in [0.05, 0.1) is 0 Å². The van der Waals surface area contributed by atoms with Crippen molar-refractivity contribution in [1.82, 2.24) is 0 Å². The van der Waals surface area contributed by atoms with Gasteiger partial charge >= 0.3 is 6.18 Å². The summed E-state index contributed by atoms with van der Waals surface area (Å²) in [6.07, 6.45) is -2.86. The molecule has 0 saturated heterocycles. The van der Waals surface area contributed by atoms with Crippen LogP contribution in [0.5, 0.6) is 11.5 Å². The van der Waals surface area contributed by atoms with E-state index in [1.807, 2.05) is 0 Å². The van der Waals surface area contributed by atoms with Crippen molar-refractivity contribution in [1.29, 1.82) is 0 Å². The Labute approximate surface area is 230 Å². The van der Waals surface area contributed by atoms with Crippen LogP contribution >= 0.6 is 0 Å². The molecule has 4 aromatic carbocycles. The lowest BCUT2D eigenvalue weighted by Gasteiger charge is -2.12. The summed E-state index contributed by atoms with van der Waals surface area (Å²) in [6, 6.07) is 12.0. The molecule has 0 radical (unpaired) electrons. The summed E-state index contributed by atoms with van der Waals surface area (Å²) in [5, 5.41) is 0.849. The third-order valence-electron chi connectivity index (χ3n) is 6.37. The van der Waals surface area contributed by atoms with Crippen molar-refractivity contribution in [2.24, 2.45) is 0 Å². The highest BCUT2D eigenvalue weighted by Gasteiger charge is 2.30. The minimum absolute atomic E-state index is 0.0163. The van der Waals surface area contributed by atoms with E-state index < -0.39 is 47.6 Å². The predicted octanol–water partition coefficient (Wildman–Crippen LogP) is 8.61. The first-order valence-electron chi connectivity index (χ1n) is 12.5. The third-order valence-corrected chi connectivity index (χ3v) is 6.37. The van der Waals surface area contributed by atoms with Crippen molar-refractivity contribution in [2.75, 3.05) is 13.2 Å². The summed E-state index contributed by atoms with van der Waals surface area (Å²) < 4.78 is 119. The van der Waals surface area contributed by atoms with E-state index in [1.165, 1.54) is 12.1 Å². The molecule has 4 rings (SSSR count). The highest BCUT2D eigenvalue weighted by Crippen LogP contribution is 2.29. The van der Waals surface area contributed by atoms with E-state index in [-0.39, 0.29) is 48.3 Å². The second kappa shape index (κ2) is 12.6. The molecule has 0 amide bonds. The largest absolute Gasteiger partial charge is 0.489 e. The van der Waals surface area contributed by atoms with Gasteiger partial charge in [0, 0.05) is 23.1 Å². The number of alkyl halides is 3. The minimum atomic E-state index is -4.75. The molecule has 2 nitrogen and oxygen atoms in total. The molecule has 0 fully saturated rings. The standard InChI is InChI=1S/C31H24F8O2/c1-2-11-40-22-15-25(32)24(26(33)16-22)10-5-18-4-9-23-21(12-18)8-7-20(29(23)36)6-3-19-13-27(34)30(28(35)14-19)41-17-31(37,38)39/h2,4,7-9,12-16H,1,3,5-6,10-11,17H2. The topological polar surface area (TPSA) is 18.5 Å². The molecule has 10 heteroatoms. The first kappa shape index (κ1) is 29.9. The molecular weight excluding hydrogens is 556 g/mol. The fourth-order valence-electron chi connectivity index (χ4n) is 4.39. The lowest BCUT2D eigenvalue weighted by molar-refractivity contribution is -0.154. The molecule has 0 aliphatic rings. The molecule has 0 saturated carbocycles. The van der Waals surface area contributed by atoms with Gasteiger partial charge in [-0.05, 0) is 59.9 Å². The van der Waals surface area contributed by atoms with Gasteiger partial charge in [0.2, 0.25) is 0 Å². The summed E-state index contributed by atoms with van der Waals surface area (Å²) in [5.41, 5.74) is 1.03. The van der Waals surface area contributed by atoms with E-state index >= 15 is 4.39 Å². The molecule has 0 unspecified atom stereocenters. The average Bonchev–Trinajstić information content (AvgIpc) is 2.90. The van der Waals surface area contributed by atoms with Crippen LogP contribution in [0, 0.1) is 29.1 Å². The van der Waals surface area contributed by atoms with Crippen molar-refractivity contribution < 1.29 is 44.6 Å². The maximum absolute atomic E-state index is 15.2. The number of ether oxygens (including phenoxy) is 2. The Hall–Kier alpha value is -4.08. The molecule has 0 spiro atoms. The van der Waals surface area contributed by atoms with E-state index in [1.54, 1.807) is 24.3 Å². The quantitative estimate of drug-likeness (QED) is 0.131. The lowest BCUT2D eigenvalue weighted by Crippen LogP contribution is -2.20. The Morgan fingerprint density at radius 3 is 1.98 bits per heavy atom. The summed E-state index contributed by atoms with van der Waals surface area (Å²) in [6.45, 7) is 1.76. The molecule has 0 bridgehead atoms. The first-order valence-corrected chi connectivity index (χ1v) is 12.5. The summed E-state index contributed by atoms with van der Waals surface area (Å²) in [5.74, 6) is -5.64. The Kier molecular flexibility index (Phi) is 9.20. The van der Waals surface area contributed by atoms with E-state index in [0.717, 1.165) is 29.8 Å². The molecule has 0 aliphatic heterocycles. The second-order valence-corrected chi connectivity index (χ2v) is 9.35. The minimum Gasteiger partial charge on any atom is -0.489 e. The first-order chi connectivity index (χ1) is 19.4. The third kappa shape index (κ3) is 7.56. The van der Waals surface area contributed by atoms with Gasteiger partial charge in [-0.1, -0.05) is 43.0 Å². The van der Waals surface area contributed by atoms with Crippen LogP contribution in [0.25, 0.3) is 10.8 Å². The fourth-order valence-corrected chi connectivity index (χ4v) is 4.39. The van der Waals surface area contributed by atoms with Gasteiger partial charge in [0.1, 0.15) is 29.8 Å². The summed E-state index contributed by atoms with van der Waals surface area (Å²) in [4.78, 5) is 0. The lowest BCUT2D eigenvalue weighted by atomic mass is 9.97. The van der Waals surface area contributed by atoms with Gasteiger partial charge in [-0.3, -0.25) is 0 Å². The SMILES string of the molecule is C=CCOc1cc(F)c(CCc2ccc3c(F)c(CCc4cc(F)c(OCC(F)(F)F)c(F)c4)ccc3c2)c(F)c1. The molecule has 41 heavy (non-hydrogen) atoms. The van der Waals surface area contributed by atoms with E-state index in [0.29, 0.717) is 17.2 Å². The van der Waals surface area contributed by atoms with Gasteiger partial charge in [0.15, 0.2) is 24.0 Å². The van der Waals surface area contributed by atoms with Gasteiger partial charge in [-0.2, -0.15) is 13.2 Å². The normalized spacial score (nSPS) is 11.6. The second-order valence-electron chi connectivity index (χ2n) is 9.35. The molecule has 4 aromatic rings. The Morgan fingerprint density at radius 1 is 0.683 bits per heavy atom. The molecule has 0 atom stereocenters. The van der Waals surface area contributed by atoms with Crippen LogP contribution in [-0.2, 0) is 25.7 Å². The van der Waals surface area contributed by atoms with Gasteiger partial charge in [-0.15, -0.1) is 0 Å². The van der Waals surface area contributed by atoms with Crippen LogP contribution in [0.4, 0.5) is 35.1 Å². The van der Waals surface area contributed by atoms with Crippen molar-refractivity contribution in [3.8, 4) is 11.5 Å². The van der Waals surface area contributed by atoms with Crippen LogP contribution < -0.4 is 9.47 Å². The highest BCUT2D eigenvalue weighted by atomic mass is 19.4. The number of fused-ring (bicyclic) bond motifs is 1. The van der Waals surface area contributed by atoms with Crippen LogP contribution in [0.1, 0.15) is 22.3 Å². The zero-order valence-electron chi connectivity index (χ0n) is 21.6. The summed E-state index contributed by atoms with van der Waals surface area (Å²) in [7, 11) is 0. The van der Waals surface area contributed by atoms with Gasteiger partial charge in [0.25, 0.3) is 0 Å². The smallest absolute Gasteiger partial charge is 0.422 e. The molecule has 0 aliphatic carbocycles. The number of halogens is 8. The zero-order chi connectivity index (χ0) is 29.7. The molecular formula is C31H24F8O2. The zero-order valence-corrected chi connectivity index (χ0v) is 21.6. The number of hydrogen-bond acceptors (Lipinski definition) is 2. The number of benzene rings is 4. The van der Waals surface area contributed by atoms with Crippen LogP contribution in [0.2, 0.25) is 0 Å². The van der Waals surface area contributed by atoms with Gasteiger partial charge in [-0.25, -0.2) is 22.0 Å². The van der Waals surface area contributed by atoms with Crippen LogP contribution in [0.15, 0.2) is 67.3 Å². The van der Waals surface area contributed by atoms with Crippen molar-refractivity contribution in [3.63, 3.8) is 0 Å². The predicted molar refractivity (Wildman–Crippen MR) is 139 cm³/mol. The molecule has 216 valence electrons. The summed E-state index contributed by atoms with van der Waals surface area (Å²) >= 11 is 0. The molecule has 0 aromatic heterocycles. The average molecular weight is 581 g/mol. The number of aryl methyl sites for hydroxylation is 3. The van der Waals surface area contributed by atoms with E-state index in [2.05, 4.69) is 11.3 Å². The maximum atomic E-state index is 15.2. The Morgan fingerprint density at radius 2 is 1.34 bits per heavy atom. The Bertz CT molecular complexity index is 1520. The van der Waals surface area contributed by atoms with Crippen LogP contribution in [-0.4, -0.2) is 19.4 Å². The van der Waals surface area contributed by atoms with Crippen LogP contribution in [0.3, 0.4) is 0 Å². The number of rotatable bonds is 11. The maximum Gasteiger partial charge on any atom is 0.422 e. The Balaban J connectivity index is 1.43. The molecule has 0 heterocycles. The molecule has 0 N–H and O–H groups in total. The number of hydrogen-bond donors (Lipinski definition) is 0.